The average Bonchev–Trinajstić information content (AvgIpc) is 3.23. The van der Waals surface area contributed by atoms with E-state index in [0.717, 1.165) is 24.2 Å². The van der Waals surface area contributed by atoms with Gasteiger partial charge in [-0.15, -0.1) is 0 Å². The van der Waals surface area contributed by atoms with Crippen LogP contribution in [0.2, 0.25) is 0 Å². The molecule has 1 atom stereocenters. The predicted octanol–water partition coefficient (Wildman–Crippen LogP) is 3.02. The highest BCUT2D eigenvalue weighted by Crippen LogP contribution is 2.24. The fourth-order valence-corrected chi connectivity index (χ4v) is 3.89. The van der Waals surface area contributed by atoms with E-state index in [9.17, 15) is 9.59 Å². The highest BCUT2D eigenvalue weighted by molar-refractivity contribution is 6.19. The van der Waals surface area contributed by atoms with Crippen LogP contribution in [0, 0.1) is 0 Å². The quantitative estimate of drug-likeness (QED) is 0.607. The van der Waals surface area contributed by atoms with Crippen LogP contribution < -0.4 is 15.4 Å². The van der Waals surface area contributed by atoms with Crippen molar-refractivity contribution in [2.24, 2.45) is 4.99 Å². The molecule has 0 radical (unpaired) electrons. The van der Waals surface area contributed by atoms with E-state index in [1.807, 2.05) is 48.5 Å². The lowest BCUT2D eigenvalue weighted by Crippen LogP contribution is -2.43. The minimum Gasteiger partial charge on any atom is -0.429 e. The van der Waals surface area contributed by atoms with Crippen LogP contribution in [0.4, 0.5) is 10.5 Å². The zero-order chi connectivity index (χ0) is 23.3. The molecule has 2 N–H and O–H groups in total. The number of fused-ring (bicyclic) bond motifs is 1. The Bertz CT molecular complexity index is 1200. The van der Waals surface area contributed by atoms with E-state index >= 15 is 0 Å². The number of aliphatic imine (C=N–C) groups is 1. The maximum atomic E-state index is 12.8. The number of benzodiazepines with no additional fused rings is 1. The third kappa shape index (κ3) is 5.00. The molecule has 1 saturated heterocycles. The molecule has 0 aliphatic carbocycles. The van der Waals surface area contributed by atoms with Gasteiger partial charge in [0.2, 0.25) is 6.17 Å². The normalized spacial score (nSPS) is 18.3. The van der Waals surface area contributed by atoms with Crippen molar-refractivity contribution in [2.75, 3.05) is 31.6 Å². The number of nitrogens with one attached hydrogen (secondary N) is 2. The Balaban J connectivity index is 1.30. The van der Waals surface area contributed by atoms with Gasteiger partial charge < -0.3 is 19.2 Å². The van der Waals surface area contributed by atoms with Crippen molar-refractivity contribution in [1.29, 1.82) is 0 Å². The van der Waals surface area contributed by atoms with Crippen molar-refractivity contribution >= 4 is 23.4 Å². The maximum Gasteiger partial charge on any atom is 0.417 e. The number of rotatable bonds is 5. The van der Waals surface area contributed by atoms with Crippen LogP contribution in [0.25, 0.3) is 0 Å². The fraction of sp³-hybridized carbons (Fsp3) is 0.240. The Morgan fingerprint density at radius 3 is 2.65 bits per heavy atom. The Hall–Kier alpha value is -3.95. The number of nitrogens with zero attached hydrogens (tertiary/aromatic N) is 2. The van der Waals surface area contributed by atoms with Gasteiger partial charge in [-0.05, 0) is 12.1 Å². The van der Waals surface area contributed by atoms with Crippen LogP contribution in [0.5, 0.6) is 5.95 Å². The summed E-state index contributed by atoms with van der Waals surface area (Å²) in [4.78, 5) is 32.2. The van der Waals surface area contributed by atoms with Crippen LogP contribution in [0.15, 0.2) is 76.1 Å². The van der Waals surface area contributed by atoms with Crippen LogP contribution in [0.1, 0.15) is 16.9 Å². The molecule has 2 aliphatic rings. The summed E-state index contributed by atoms with van der Waals surface area (Å²) in [7, 11) is 0. The second-order valence-electron chi connectivity index (χ2n) is 7.92. The molecule has 0 bridgehead atoms. The second-order valence-corrected chi connectivity index (χ2v) is 7.92. The summed E-state index contributed by atoms with van der Waals surface area (Å²) in [5.74, 6) is 0.255. The molecule has 9 nitrogen and oxygen atoms in total. The standard InChI is InChI=1S/C25H24N4O5/c30-24-23(27-22(17-6-2-1-3-7-17)19-8-4-5-9-20(19)26-24)28-25(31)34-21-11-10-18(33-21)16-29-12-14-32-15-13-29/h1-11,23H,12-16H2,(H,26,30)(H,28,31)/t23-/m1/s1. The lowest BCUT2D eigenvalue weighted by atomic mass is 10.0. The van der Waals surface area contributed by atoms with Gasteiger partial charge in [0, 0.05) is 30.3 Å². The number of amides is 2. The molecule has 2 aliphatic heterocycles. The number of morpholine rings is 1. The molecule has 9 heteroatoms. The van der Waals surface area contributed by atoms with E-state index in [0.29, 0.717) is 36.9 Å². The molecule has 1 fully saturated rings. The van der Waals surface area contributed by atoms with Crippen molar-refractivity contribution in [3.05, 3.63) is 83.6 Å². The molecule has 34 heavy (non-hydrogen) atoms. The zero-order valence-electron chi connectivity index (χ0n) is 18.4. The number of hydrogen-bond donors (Lipinski definition) is 2. The monoisotopic (exact) mass is 460 g/mol. The minimum absolute atomic E-state index is 0.0466. The zero-order valence-corrected chi connectivity index (χ0v) is 18.4. The fourth-order valence-electron chi connectivity index (χ4n) is 3.89. The lowest BCUT2D eigenvalue weighted by molar-refractivity contribution is -0.117. The van der Waals surface area contributed by atoms with Crippen molar-refractivity contribution in [1.82, 2.24) is 10.2 Å². The second kappa shape index (κ2) is 9.90. The third-order valence-corrected chi connectivity index (χ3v) is 5.56. The van der Waals surface area contributed by atoms with Gasteiger partial charge in [-0.3, -0.25) is 15.0 Å². The number of hydrogen-bond acceptors (Lipinski definition) is 7. The molecule has 0 spiro atoms. The number of anilines is 1. The first-order chi connectivity index (χ1) is 16.7. The molecule has 174 valence electrons. The minimum atomic E-state index is -1.18. The van der Waals surface area contributed by atoms with Crippen molar-refractivity contribution in [3.8, 4) is 5.95 Å². The summed E-state index contributed by atoms with van der Waals surface area (Å²) in [5, 5.41) is 5.36. The molecule has 0 unspecified atom stereocenters. The number of carbonyl (C=O) groups excluding carboxylic acids is 2. The molecule has 1 aromatic heterocycles. The number of para-hydroxylation sites is 1. The van der Waals surface area contributed by atoms with Crippen molar-refractivity contribution in [2.45, 2.75) is 12.7 Å². The van der Waals surface area contributed by atoms with E-state index < -0.39 is 18.2 Å². The first kappa shape index (κ1) is 21.9. The SMILES string of the molecule is O=C(N[C@H]1N=C(c2ccccc2)c2ccccc2NC1=O)Oc1ccc(CN2CCOCC2)o1. The summed E-state index contributed by atoms with van der Waals surface area (Å²) in [6.45, 7) is 3.61. The van der Waals surface area contributed by atoms with Crippen LogP contribution in [-0.4, -0.2) is 55.1 Å². The van der Waals surface area contributed by atoms with Gasteiger partial charge in [0.15, 0.2) is 0 Å². The van der Waals surface area contributed by atoms with E-state index in [1.54, 1.807) is 18.2 Å². The van der Waals surface area contributed by atoms with Crippen LogP contribution in [-0.2, 0) is 16.1 Å². The summed E-state index contributed by atoms with van der Waals surface area (Å²) in [6.07, 6.45) is -2.02. The van der Waals surface area contributed by atoms with E-state index in [1.165, 1.54) is 0 Å². The molecule has 2 amide bonds. The molecule has 3 aromatic rings. The van der Waals surface area contributed by atoms with Gasteiger partial charge in [-0.1, -0.05) is 48.5 Å². The van der Waals surface area contributed by atoms with Crippen LogP contribution in [0.3, 0.4) is 0 Å². The molecule has 5 rings (SSSR count). The summed E-state index contributed by atoms with van der Waals surface area (Å²) in [6, 6.07) is 20.2. The van der Waals surface area contributed by atoms with Gasteiger partial charge in [-0.2, -0.15) is 0 Å². The summed E-state index contributed by atoms with van der Waals surface area (Å²) in [5.41, 5.74) is 2.79. The highest BCUT2D eigenvalue weighted by atomic mass is 16.6. The van der Waals surface area contributed by atoms with Gasteiger partial charge >= 0.3 is 6.09 Å². The van der Waals surface area contributed by atoms with E-state index in [4.69, 9.17) is 13.9 Å². The molecule has 2 aromatic carbocycles. The molecular weight excluding hydrogens is 436 g/mol. The molecular formula is C25H24N4O5. The van der Waals surface area contributed by atoms with Crippen molar-refractivity contribution < 1.29 is 23.5 Å². The number of carbonyl (C=O) groups is 2. The first-order valence-electron chi connectivity index (χ1n) is 11.1. The van der Waals surface area contributed by atoms with Gasteiger partial charge in [0.1, 0.15) is 5.76 Å². The summed E-state index contributed by atoms with van der Waals surface area (Å²) >= 11 is 0. The van der Waals surface area contributed by atoms with Gasteiger partial charge in [-0.25, -0.2) is 9.79 Å². The first-order valence-corrected chi connectivity index (χ1v) is 11.1. The smallest absolute Gasteiger partial charge is 0.417 e. The predicted molar refractivity (Wildman–Crippen MR) is 125 cm³/mol. The van der Waals surface area contributed by atoms with E-state index in [-0.39, 0.29) is 5.95 Å². The van der Waals surface area contributed by atoms with Gasteiger partial charge in [0.05, 0.1) is 31.2 Å². The Morgan fingerprint density at radius 1 is 1.06 bits per heavy atom. The van der Waals surface area contributed by atoms with Crippen LogP contribution >= 0.6 is 0 Å². The highest BCUT2D eigenvalue weighted by Gasteiger charge is 2.28. The average molecular weight is 460 g/mol. The van der Waals surface area contributed by atoms with Crippen molar-refractivity contribution in [3.63, 3.8) is 0 Å². The topological polar surface area (TPSA) is 105 Å². The third-order valence-electron chi connectivity index (χ3n) is 5.56. The van der Waals surface area contributed by atoms with Gasteiger partial charge in [0.25, 0.3) is 11.9 Å². The Kier molecular flexibility index (Phi) is 6.37. The Morgan fingerprint density at radius 2 is 1.82 bits per heavy atom. The largest absolute Gasteiger partial charge is 0.429 e. The Labute approximate surface area is 196 Å². The number of furan rings is 1. The van der Waals surface area contributed by atoms with E-state index in [2.05, 4.69) is 20.5 Å². The summed E-state index contributed by atoms with van der Waals surface area (Å²) < 4.78 is 16.3. The maximum absolute atomic E-state index is 12.8. The number of benzene rings is 2. The lowest BCUT2D eigenvalue weighted by Gasteiger charge is -2.25. The number of ether oxygens (including phenoxy) is 2. The molecule has 0 saturated carbocycles. The molecule has 3 heterocycles.